The Hall–Kier alpha value is -1.89. The average molecular weight is 327 g/mol. The van der Waals surface area contributed by atoms with Crippen LogP contribution in [-0.4, -0.2) is 24.1 Å². The van der Waals surface area contributed by atoms with Crippen molar-refractivity contribution in [2.45, 2.75) is 0 Å². The van der Waals surface area contributed by atoms with Gasteiger partial charge >= 0.3 is 0 Å². The largest absolute Gasteiger partial charge is 0.490 e. The Morgan fingerprint density at radius 1 is 1.26 bits per heavy atom. The van der Waals surface area contributed by atoms with Gasteiger partial charge in [0.1, 0.15) is 12.1 Å². The molecule has 0 atom stereocenters. The van der Waals surface area contributed by atoms with Gasteiger partial charge in [-0.15, -0.1) is 0 Å². The molecule has 1 heterocycles. The van der Waals surface area contributed by atoms with E-state index in [1.165, 1.54) is 19.5 Å². The fourth-order valence-corrected chi connectivity index (χ4v) is 2.01. The van der Waals surface area contributed by atoms with Crippen LogP contribution in [0.25, 0.3) is 0 Å². The molecule has 100 valence electrons. The molecule has 0 fully saturated rings. The third-order valence-corrected chi connectivity index (χ3v) is 3.11. The van der Waals surface area contributed by atoms with Gasteiger partial charge in [-0.05, 0) is 28.1 Å². The van der Waals surface area contributed by atoms with E-state index in [1.807, 2.05) is 0 Å². The second-order valence-electron chi connectivity index (χ2n) is 3.58. The van der Waals surface area contributed by atoms with Crippen molar-refractivity contribution in [1.82, 2.24) is 9.97 Å². The molecule has 0 saturated heterocycles. The molecule has 5 nitrogen and oxygen atoms in total. The zero-order valence-electron chi connectivity index (χ0n) is 10.4. The number of benzene rings is 1. The zero-order valence-corrected chi connectivity index (χ0v) is 12.0. The predicted octanol–water partition coefficient (Wildman–Crippen LogP) is 3.17. The van der Waals surface area contributed by atoms with Crippen LogP contribution in [0.15, 0.2) is 29.0 Å². The van der Waals surface area contributed by atoms with E-state index < -0.39 is 0 Å². The van der Waals surface area contributed by atoms with Gasteiger partial charge in [-0.2, -0.15) is 0 Å². The van der Waals surface area contributed by atoms with Crippen LogP contribution >= 0.6 is 15.9 Å². The van der Waals surface area contributed by atoms with Crippen molar-refractivity contribution in [3.8, 4) is 5.75 Å². The number of nitrogens with one attached hydrogen (secondary N) is 2. The highest BCUT2D eigenvalue weighted by molar-refractivity contribution is 9.10. The number of ether oxygens (including phenoxy) is 1. The molecular weight excluding hydrogens is 315 g/mol. The average Bonchev–Trinajstić information content (AvgIpc) is 2.42. The second kappa shape index (κ2) is 5.83. The summed E-state index contributed by atoms with van der Waals surface area (Å²) in [6.07, 6.45) is 1.37. The molecule has 0 unspecified atom stereocenters. The Bertz CT molecular complexity index is 574. The van der Waals surface area contributed by atoms with Crippen LogP contribution < -0.4 is 15.4 Å². The van der Waals surface area contributed by atoms with E-state index in [0.29, 0.717) is 27.5 Å². The van der Waals surface area contributed by atoms with Crippen molar-refractivity contribution in [2.75, 3.05) is 24.8 Å². The van der Waals surface area contributed by atoms with Crippen molar-refractivity contribution >= 4 is 33.3 Å². The van der Waals surface area contributed by atoms with E-state index in [2.05, 4.69) is 36.5 Å². The molecule has 1 aromatic heterocycles. The molecule has 0 radical (unpaired) electrons. The highest BCUT2D eigenvalue weighted by Gasteiger charge is 2.14. The normalized spacial score (nSPS) is 10.1. The second-order valence-corrected chi connectivity index (χ2v) is 4.43. The molecule has 0 bridgehead atoms. The summed E-state index contributed by atoms with van der Waals surface area (Å²) in [5.74, 6) is 0.932. The highest BCUT2D eigenvalue weighted by atomic mass is 79.9. The van der Waals surface area contributed by atoms with Crippen LogP contribution in [-0.2, 0) is 0 Å². The third-order valence-electron chi connectivity index (χ3n) is 2.45. The topological polar surface area (TPSA) is 59.1 Å². The molecule has 2 aromatic rings. The Kier molecular flexibility index (Phi) is 4.16. The minimum Gasteiger partial charge on any atom is -0.490 e. The van der Waals surface area contributed by atoms with Crippen LogP contribution in [0.4, 0.5) is 21.7 Å². The van der Waals surface area contributed by atoms with Crippen LogP contribution in [0.3, 0.4) is 0 Å². The number of methoxy groups -OCH3 is 1. The van der Waals surface area contributed by atoms with E-state index in [9.17, 15) is 4.39 Å². The van der Waals surface area contributed by atoms with E-state index in [4.69, 9.17) is 4.74 Å². The molecular formula is C12H12BrFN4O. The Balaban J connectivity index is 2.44. The molecule has 2 N–H and O–H groups in total. The van der Waals surface area contributed by atoms with Gasteiger partial charge in [-0.3, -0.25) is 0 Å². The molecule has 1 aromatic carbocycles. The first-order chi connectivity index (χ1) is 9.17. The molecule has 19 heavy (non-hydrogen) atoms. The number of hydrogen-bond donors (Lipinski definition) is 2. The van der Waals surface area contributed by atoms with Crippen molar-refractivity contribution in [3.63, 3.8) is 0 Å². The van der Waals surface area contributed by atoms with Crippen LogP contribution in [0.5, 0.6) is 5.75 Å². The fraction of sp³-hybridized carbons (Fsp3) is 0.167. The lowest BCUT2D eigenvalue weighted by atomic mass is 10.3. The Morgan fingerprint density at radius 3 is 2.63 bits per heavy atom. The minimum absolute atomic E-state index is 0.293. The first-order valence-corrected chi connectivity index (χ1v) is 6.24. The van der Waals surface area contributed by atoms with Crippen molar-refractivity contribution in [2.24, 2.45) is 0 Å². The highest BCUT2D eigenvalue weighted by Crippen LogP contribution is 2.34. The summed E-state index contributed by atoms with van der Waals surface area (Å²) in [6, 6.07) is 4.71. The number of aromatic nitrogens is 2. The molecule has 0 amide bonds. The zero-order chi connectivity index (χ0) is 13.8. The Labute approximate surface area is 118 Å². The number of nitrogens with zero attached hydrogens (tertiary/aromatic N) is 2. The van der Waals surface area contributed by atoms with E-state index in [-0.39, 0.29) is 5.82 Å². The number of para-hydroxylation sites is 1. The van der Waals surface area contributed by atoms with Gasteiger partial charge in [0.2, 0.25) is 5.75 Å². The van der Waals surface area contributed by atoms with Crippen LogP contribution in [0, 0.1) is 5.82 Å². The minimum atomic E-state index is -0.388. The van der Waals surface area contributed by atoms with Crippen LogP contribution in [0.1, 0.15) is 0 Å². The predicted molar refractivity (Wildman–Crippen MR) is 75.5 cm³/mol. The molecule has 0 spiro atoms. The monoisotopic (exact) mass is 326 g/mol. The number of rotatable bonds is 4. The van der Waals surface area contributed by atoms with Gasteiger partial charge in [0.15, 0.2) is 11.6 Å². The SMILES string of the molecule is CNc1ncnc(Nc2c(F)cccc2Br)c1OC. The smallest absolute Gasteiger partial charge is 0.204 e. The van der Waals surface area contributed by atoms with Gasteiger partial charge in [0.05, 0.1) is 12.8 Å². The molecule has 0 saturated carbocycles. The van der Waals surface area contributed by atoms with Crippen molar-refractivity contribution in [1.29, 1.82) is 0 Å². The summed E-state index contributed by atoms with van der Waals surface area (Å²) >= 11 is 3.28. The number of halogens is 2. The van der Waals surface area contributed by atoms with Crippen molar-refractivity contribution in [3.05, 3.63) is 34.8 Å². The quantitative estimate of drug-likeness (QED) is 0.903. The summed E-state index contributed by atoms with van der Waals surface area (Å²) in [5.41, 5.74) is 0.293. The summed E-state index contributed by atoms with van der Waals surface area (Å²) in [5, 5.41) is 5.78. The van der Waals surface area contributed by atoms with Crippen molar-refractivity contribution < 1.29 is 9.13 Å². The maximum absolute atomic E-state index is 13.8. The fourth-order valence-electron chi connectivity index (χ4n) is 1.57. The van der Waals surface area contributed by atoms with Gasteiger partial charge in [-0.25, -0.2) is 14.4 Å². The van der Waals surface area contributed by atoms with Gasteiger partial charge in [-0.1, -0.05) is 6.07 Å². The summed E-state index contributed by atoms with van der Waals surface area (Å²) in [7, 11) is 3.22. The molecule has 0 aliphatic heterocycles. The molecule has 0 aliphatic carbocycles. The van der Waals surface area contributed by atoms with Gasteiger partial charge in [0.25, 0.3) is 0 Å². The van der Waals surface area contributed by atoms with Crippen LogP contribution in [0.2, 0.25) is 0 Å². The lowest BCUT2D eigenvalue weighted by molar-refractivity contribution is 0.415. The van der Waals surface area contributed by atoms with Gasteiger partial charge in [0, 0.05) is 11.5 Å². The first kappa shape index (κ1) is 13.5. The first-order valence-electron chi connectivity index (χ1n) is 5.45. The van der Waals surface area contributed by atoms with E-state index >= 15 is 0 Å². The molecule has 7 heteroatoms. The standard InChI is InChI=1S/C12H12BrFN4O/c1-15-11-10(19-2)12(17-6-16-11)18-9-7(13)4-3-5-8(9)14/h3-6H,1-2H3,(H2,15,16,17,18). The lowest BCUT2D eigenvalue weighted by Gasteiger charge is -2.14. The maximum atomic E-state index is 13.8. The van der Waals surface area contributed by atoms with E-state index in [1.54, 1.807) is 19.2 Å². The number of hydrogen-bond acceptors (Lipinski definition) is 5. The maximum Gasteiger partial charge on any atom is 0.204 e. The number of anilines is 3. The lowest BCUT2D eigenvalue weighted by Crippen LogP contribution is -2.04. The summed E-state index contributed by atoms with van der Waals surface area (Å²) in [4.78, 5) is 8.08. The Morgan fingerprint density at radius 2 is 2.00 bits per heavy atom. The third kappa shape index (κ3) is 2.76. The van der Waals surface area contributed by atoms with Gasteiger partial charge < -0.3 is 15.4 Å². The summed E-state index contributed by atoms with van der Waals surface area (Å²) < 4.78 is 19.6. The van der Waals surface area contributed by atoms with E-state index in [0.717, 1.165) is 0 Å². The molecule has 0 aliphatic rings. The molecule has 2 rings (SSSR count). The summed E-state index contributed by atoms with van der Waals surface area (Å²) in [6.45, 7) is 0.